The van der Waals surface area contributed by atoms with Crippen LogP contribution in [0.15, 0.2) is 24.3 Å². The van der Waals surface area contributed by atoms with Crippen LogP contribution in [-0.2, 0) is 11.0 Å². The summed E-state index contributed by atoms with van der Waals surface area (Å²) in [7, 11) is 0. The van der Waals surface area contributed by atoms with E-state index in [9.17, 15) is 18.0 Å². The number of benzene rings is 1. The summed E-state index contributed by atoms with van der Waals surface area (Å²) < 4.78 is 37.8. The molecule has 0 radical (unpaired) electrons. The number of alkyl halides is 3. The predicted molar refractivity (Wildman–Crippen MR) is 60.7 cm³/mol. The SMILES string of the molecule is N#CC1CCC(c2cccc(C(F)(F)F)c2)NC1=O. The van der Waals surface area contributed by atoms with Gasteiger partial charge in [0.2, 0.25) is 5.91 Å². The monoisotopic (exact) mass is 268 g/mol. The molecule has 6 heteroatoms. The molecule has 1 saturated heterocycles. The average molecular weight is 268 g/mol. The minimum atomic E-state index is -4.40. The van der Waals surface area contributed by atoms with E-state index in [1.807, 2.05) is 6.07 Å². The summed E-state index contributed by atoms with van der Waals surface area (Å²) in [4.78, 5) is 11.5. The Morgan fingerprint density at radius 3 is 2.63 bits per heavy atom. The quantitative estimate of drug-likeness (QED) is 0.851. The molecule has 0 bridgehead atoms. The number of hydrogen-bond acceptors (Lipinski definition) is 2. The van der Waals surface area contributed by atoms with Gasteiger partial charge in [-0.25, -0.2) is 0 Å². The van der Waals surface area contributed by atoms with Crippen LogP contribution in [-0.4, -0.2) is 5.91 Å². The number of carbonyl (C=O) groups excluding carboxylic acids is 1. The largest absolute Gasteiger partial charge is 0.416 e. The van der Waals surface area contributed by atoms with Gasteiger partial charge >= 0.3 is 6.18 Å². The van der Waals surface area contributed by atoms with Crippen LogP contribution in [0.3, 0.4) is 0 Å². The van der Waals surface area contributed by atoms with Gasteiger partial charge in [-0.2, -0.15) is 18.4 Å². The zero-order valence-corrected chi connectivity index (χ0v) is 9.87. The maximum Gasteiger partial charge on any atom is 0.416 e. The summed E-state index contributed by atoms with van der Waals surface area (Å²) in [5, 5.41) is 11.3. The van der Waals surface area contributed by atoms with Crippen molar-refractivity contribution in [3.8, 4) is 6.07 Å². The minimum Gasteiger partial charge on any atom is -0.348 e. The number of nitrogens with one attached hydrogen (secondary N) is 1. The fourth-order valence-corrected chi connectivity index (χ4v) is 2.11. The Morgan fingerprint density at radius 1 is 1.32 bits per heavy atom. The van der Waals surface area contributed by atoms with Crippen molar-refractivity contribution in [3.05, 3.63) is 35.4 Å². The maximum absolute atomic E-state index is 12.6. The van der Waals surface area contributed by atoms with Gasteiger partial charge in [0.1, 0.15) is 5.92 Å². The summed E-state index contributed by atoms with van der Waals surface area (Å²) in [6.45, 7) is 0. The number of nitriles is 1. The molecule has 2 unspecified atom stereocenters. The Balaban J connectivity index is 2.20. The molecule has 1 aliphatic rings. The van der Waals surface area contributed by atoms with E-state index in [1.165, 1.54) is 6.07 Å². The van der Waals surface area contributed by atoms with Gasteiger partial charge in [-0.15, -0.1) is 0 Å². The van der Waals surface area contributed by atoms with E-state index in [0.717, 1.165) is 12.1 Å². The first-order valence-corrected chi connectivity index (χ1v) is 5.79. The number of rotatable bonds is 1. The first kappa shape index (κ1) is 13.4. The lowest BCUT2D eigenvalue weighted by molar-refractivity contribution is -0.137. The van der Waals surface area contributed by atoms with E-state index in [4.69, 9.17) is 5.26 Å². The molecule has 1 aliphatic heterocycles. The highest BCUT2D eigenvalue weighted by Crippen LogP contribution is 2.33. The van der Waals surface area contributed by atoms with Gasteiger partial charge in [0.05, 0.1) is 17.7 Å². The van der Waals surface area contributed by atoms with E-state index in [0.29, 0.717) is 18.4 Å². The molecule has 1 aromatic carbocycles. The van der Waals surface area contributed by atoms with Crippen molar-refractivity contribution in [3.63, 3.8) is 0 Å². The Labute approximate surface area is 108 Å². The lowest BCUT2D eigenvalue weighted by atomic mass is 9.90. The fourth-order valence-electron chi connectivity index (χ4n) is 2.11. The Hall–Kier alpha value is -2.03. The molecule has 1 N–H and O–H groups in total. The van der Waals surface area contributed by atoms with Crippen molar-refractivity contribution in [1.82, 2.24) is 5.32 Å². The highest BCUT2D eigenvalue weighted by atomic mass is 19.4. The van der Waals surface area contributed by atoms with Crippen molar-refractivity contribution < 1.29 is 18.0 Å². The number of amides is 1. The molecule has 1 aromatic rings. The molecule has 1 fully saturated rings. The third kappa shape index (κ3) is 2.87. The molecule has 0 aromatic heterocycles. The molecular formula is C13H11F3N2O. The highest BCUT2D eigenvalue weighted by molar-refractivity contribution is 5.82. The Kier molecular flexibility index (Phi) is 3.47. The molecule has 100 valence electrons. The van der Waals surface area contributed by atoms with Crippen LogP contribution in [0.4, 0.5) is 13.2 Å². The maximum atomic E-state index is 12.6. The van der Waals surface area contributed by atoms with E-state index in [-0.39, 0.29) is 0 Å². The molecule has 0 spiro atoms. The second-order valence-electron chi connectivity index (χ2n) is 4.44. The van der Waals surface area contributed by atoms with Crippen molar-refractivity contribution in [1.29, 1.82) is 5.26 Å². The molecule has 2 atom stereocenters. The molecule has 0 aliphatic carbocycles. The zero-order valence-electron chi connectivity index (χ0n) is 9.87. The van der Waals surface area contributed by atoms with Crippen molar-refractivity contribution >= 4 is 5.91 Å². The van der Waals surface area contributed by atoms with Gasteiger partial charge in [0.25, 0.3) is 0 Å². The number of hydrogen-bond donors (Lipinski definition) is 1. The van der Waals surface area contributed by atoms with Gasteiger partial charge in [0, 0.05) is 0 Å². The molecule has 19 heavy (non-hydrogen) atoms. The van der Waals surface area contributed by atoms with Gasteiger partial charge in [-0.3, -0.25) is 4.79 Å². The lowest BCUT2D eigenvalue weighted by Crippen LogP contribution is -2.38. The van der Waals surface area contributed by atoms with Crippen LogP contribution in [0.25, 0.3) is 0 Å². The van der Waals surface area contributed by atoms with Gasteiger partial charge in [-0.1, -0.05) is 12.1 Å². The Bertz CT molecular complexity index is 533. The number of nitrogens with zero attached hydrogens (tertiary/aromatic N) is 1. The van der Waals surface area contributed by atoms with Crippen LogP contribution in [0.2, 0.25) is 0 Å². The first-order chi connectivity index (χ1) is 8.91. The van der Waals surface area contributed by atoms with Crippen LogP contribution in [0.1, 0.15) is 30.0 Å². The predicted octanol–water partition coefficient (Wildman–Crippen LogP) is 2.80. The smallest absolute Gasteiger partial charge is 0.348 e. The average Bonchev–Trinajstić information content (AvgIpc) is 2.38. The van der Waals surface area contributed by atoms with E-state index < -0.39 is 29.6 Å². The summed E-state index contributed by atoms with van der Waals surface area (Å²) in [6, 6.07) is 6.31. The van der Waals surface area contributed by atoms with E-state index in [2.05, 4.69) is 5.32 Å². The van der Waals surface area contributed by atoms with Crippen LogP contribution in [0.5, 0.6) is 0 Å². The molecule has 2 rings (SSSR count). The van der Waals surface area contributed by atoms with E-state index in [1.54, 1.807) is 6.07 Å². The highest BCUT2D eigenvalue weighted by Gasteiger charge is 2.33. The summed E-state index contributed by atoms with van der Waals surface area (Å²) in [5.74, 6) is -1.13. The third-order valence-corrected chi connectivity index (χ3v) is 3.15. The van der Waals surface area contributed by atoms with Crippen molar-refractivity contribution in [2.24, 2.45) is 5.92 Å². The summed E-state index contributed by atoms with van der Waals surface area (Å²) in [5.41, 5.74) is -0.318. The molecule has 0 saturated carbocycles. The fraction of sp³-hybridized carbons (Fsp3) is 0.385. The second-order valence-corrected chi connectivity index (χ2v) is 4.44. The Morgan fingerprint density at radius 2 is 2.05 bits per heavy atom. The molecule has 1 amide bonds. The second kappa shape index (κ2) is 4.92. The lowest BCUT2D eigenvalue weighted by Gasteiger charge is -2.26. The van der Waals surface area contributed by atoms with Gasteiger partial charge in [0.15, 0.2) is 0 Å². The third-order valence-electron chi connectivity index (χ3n) is 3.15. The van der Waals surface area contributed by atoms with Crippen LogP contribution in [0, 0.1) is 17.2 Å². The number of halogens is 3. The van der Waals surface area contributed by atoms with Crippen molar-refractivity contribution in [2.45, 2.75) is 25.1 Å². The standard InChI is InChI=1S/C13H11F3N2O/c14-13(15,16)10-3-1-2-8(6-10)11-5-4-9(7-17)12(19)18-11/h1-3,6,9,11H,4-5H2,(H,18,19). The summed E-state index contributed by atoms with van der Waals surface area (Å²) >= 11 is 0. The van der Waals surface area contributed by atoms with Crippen LogP contribution < -0.4 is 5.32 Å². The molecular weight excluding hydrogens is 257 g/mol. The number of carbonyl (C=O) groups is 1. The minimum absolute atomic E-state index is 0.364. The topological polar surface area (TPSA) is 52.9 Å². The zero-order chi connectivity index (χ0) is 14.0. The van der Waals surface area contributed by atoms with Gasteiger partial charge in [-0.05, 0) is 30.5 Å². The normalized spacial score (nSPS) is 23.6. The van der Waals surface area contributed by atoms with E-state index >= 15 is 0 Å². The number of piperidine rings is 1. The summed E-state index contributed by atoms with van der Waals surface area (Å²) in [6.07, 6.45) is -3.57. The molecule has 3 nitrogen and oxygen atoms in total. The first-order valence-electron chi connectivity index (χ1n) is 5.79. The van der Waals surface area contributed by atoms with Crippen molar-refractivity contribution in [2.75, 3.05) is 0 Å². The van der Waals surface area contributed by atoms with Gasteiger partial charge < -0.3 is 5.32 Å². The van der Waals surface area contributed by atoms with Crippen LogP contribution >= 0.6 is 0 Å². The molecule has 1 heterocycles.